The number of halogens is 1. The van der Waals surface area contributed by atoms with Gasteiger partial charge in [0.15, 0.2) is 0 Å². The van der Waals surface area contributed by atoms with Crippen molar-refractivity contribution in [3.63, 3.8) is 0 Å². The van der Waals surface area contributed by atoms with Crippen molar-refractivity contribution in [2.24, 2.45) is 5.41 Å². The van der Waals surface area contributed by atoms with E-state index in [4.69, 9.17) is 23.2 Å². The smallest absolute Gasteiger partial charge is 0.262 e. The number of imide groups is 2. The molecule has 0 aliphatic carbocycles. The molecule has 9 rings (SSSR count). The number of carbonyl (C=O) groups is 4. The number of fused-ring (bicyclic) bond motifs is 1. The second-order valence-corrected chi connectivity index (χ2v) is 16.5. The van der Waals surface area contributed by atoms with E-state index in [0.717, 1.165) is 106 Å². The molecule has 1 unspecified atom stereocenters. The van der Waals surface area contributed by atoms with E-state index in [1.165, 1.54) is 0 Å². The Bertz CT molecular complexity index is 2100. The molecule has 1 aromatic heterocycles. The first-order valence-corrected chi connectivity index (χ1v) is 19.7. The number of hydrogen-bond donors (Lipinski definition) is 1. The molecule has 0 bridgehead atoms. The number of hydrogen-bond acceptors (Lipinski definition) is 10. The first-order valence-electron chi connectivity index (χ1n) is 19.3. The van der Waals surface area contributed by atoms with Gasteiger partial charge < -0.3 is 19.6 Å². The fourth-order valence-electron chi connectivity index (χ4n) is 9.65. The van der Waals surface area contributed by atoms with Crippen molar-refractivity contribution in [2.45, 2.75) is 57.2 Å². The number of nitrogens with zero attached hydrogens (tertiary/aromatic N) is 8. The number of benzene rings is 2. The highest BCUT2D eigenvalue weighted by Gasteiger charge is 2.46. The molecule has 6 aliphatic heterocycles. The minimum Gasteiger partial charge on any atom is -0.368 e. The Morgan fingerprint density at radius 1 is 0.836 bits per heavy atom. The van der Waals surface area contributed by atoms with E-state index in [2.05, 4.69) is 53.7 Å². The molecule has 2 atom stereocenters. The van der Waals surface area contributed by atoms with E-state index in [1.807, 2.05) is 30.5 Å². The zero-order valence-electron chi connectivity index (χ0n) is 30.9. The molecule has 14 heteroatoms. The molecule has 5 saturated heterocycles. The average Bonchev–Trinajstić information content (AvgIpc) is 3.62. The van der Waals surface area contributed by atoms with Crippen LogP contribution < -0.4 is 24.9 Å². The number of piperazine rings is 1. The number of nitrogens with one attached hydrogen (secondary N) is 1. The van der Waals surface area contributed by atoms with Gasteiger partial charge in [0.2, 0.25) is 17.5 Å². The van der Waals surface area contributed by atoms with Gasteiger partial charge in [0.1, 0.15) is 11.9 Å². The van der Waals surface area contributed by atoms with E-state index in [0.29, 0.717) is 33.9 Å². The maximum atomic E-state index is 13.3. The van der Waals surface area contributed by atoms with Crippen LogP contribution in [0, 0.1) is 12.0 Å². The fourth-order valence-corrected chi connectivity index (χ4v) is 9.87. The highest BCUT2D eigenvalue weighted by atomic mass is 35.5. The molecule has 284 valence electrons. The lowest BCUT2D eigenvalue weighted by atomic mass is 9.77. The predicted molar refractivity (Wildman–Crippen MR) is 210 cm³/mol. The lowest BCUT2D eigenvalue weighted by molar-refractivity contribution is -0.136. The van der Waals surface area contributed by atoms with E-state index in [-0.39, 0.29) is 24.2 Å². The van der Waals surface area contributed by atoms with E-state index in [9.17, 15) is 19.2 Å². The molecule has 2 aromatic carbocycles. The Morgan fingerprint density at radius 2 is 1.56 bits per heavy atom. The van der Waals surface area contributed by atoms with Crippen molar-refractivity contribution < 1.29 is 19.2 Å². The zero-order valence-corrected chi connectivity index (χ0v) is 31.7. The summed E-state index contributed by atoms with van der Waals surface area (Å²) in [5.41, 5.74) is 4.55. The number of carbonyl (C=O) groups excluding carboxylic acids is 4. The summed E-state index contributed by atoms with van der Waals surface area (Å²) in [4.78, 5) is 71.9. The van der Waals surface area contributed by atoms with Crippen molar-refractivity contribution in [3.05, 3.63) is 82.3 Å². The van der Waals surface area contributed by atoms with Gasteiger partial charge in [-0.1, -0.05) is 17.7 Å². The minimum absolute atomic E-state index is 0.0996. The van der Waals surface area contributed by atoms with Gasteiger partial charge in [0.25, 0.3) is 11.8 Å². The van der Waals surface area contributed by atoms with Gasteiger partial charge in [-0.15, -0.1) is 0 Å². The molecule has 55 heavy (non-hydrogen) atoms. The highest BCUT2D eigenvalue weighted by Crippen LogP contribution is 2.46. The van der Waals surface area contributed by atoms with Crippen LogP contribution in [0.15, 0.2) is 54.7 Å². The molecule has 13 nitrogen and oxygen atoms in total. The third-order valence-corrected chi connectivity index (χ3v) is 13.2. The Labute approximate surface area is 325 Å². The molecule has 5 fully saturated rings. The fraction of sp³-hybridized carbons (Fsp3) is 0.463. The van der Waals surface area contributed by atoms with Crippen molar-refractivity contribution in [1.82, 2.24) is 20.1 Å². The third-order valence-electron chi connectivity index (χ3n) is 12.9. The lowest BCUT2D eigenvalue weighted by Crippen LogP contribution is -2.63. The normalized spacial score (nSPS) is 24.3. The van der Waals surface area contributed by atoms with E-state index >= 15 is 0 Å². The second-order valence-electron chi connectivity index (χ2n) is 16.0. The summed E-state index contributed by atoms with van der Waals surface area (Å²) in [5.74, 6) is -0.903. The van der Waals surface area contributed by atoms with Crippen LogP contribution in [-0.2, 0) is 9.59 Å². The predicted octanol–water partition coefficient (Wildman–Crippen LogP) is 4.58. The maximum absolute atomic E-state index is 13.3. The molecule has 1 N–H and O–H groups in total. The second kappa shape index (κ2) is 13.8. The number of aromatic nitrogens is 1. The Hall–Kier alpha value is -5.19. The number of pyridine rings is 1. The van der Waals surface area contributed by atoms with Gasteiger partial charge in [-0.3, -0.25) is 34.3 Å². The van der Waals surface area contributed by atoms with Gasteiger partial charge in [-0.2, -0.15) is 0 Å². The average molecular weight is 762 g/mol. The Morgan fingerprint density at radius 3 is 2.25 bits per heavy atom. The van der Waals surface area contributed by atoms with Crippen LogP contribution in [0.4, 0.5) is 28.6 Å². The zero-order chi connectivity index (χ0) is 38.0. The summed E-state index contributed by atoms with van der Waals surface area (Å²) in [7, 11) is 0. The number of rotatable bonds is 6. The van der Waals surface area contributed by atoms with Gasteiger partial charge >= 0.3 is 0 Å². The minimum atomic E-state index is -0.963. The van der Waals surface area contributed by atoms with Crippen molar-refractivity contribution in [1.29, 1.82) is 0 Å². The van der Waals surface area contributed by atoms with E-state index < -0.39 is 23.8 Å². The van der Waals surface area contributed by atoms with Crippen LogP contribution in [0.2, 0.25) is 5.02 Å². The summed E-state index contributed by atoms with van der Waals surface area (Å²) in [6.45, 7) is 18.0. The molecule has 0 radical (unpaired) electrons. The molecule has 7 heterocycles. The van der Waals surface area contributed by atoms with Crippen molar-refractivity contribution in [3.8, 4) is 0 Å². The molecular weight excluding hydrogens is 718 g/mol. The quantitative estimate of drug-likeness (QED) is 0.283. The Kier molecular flexibility index (Phi) is 8.93. The Balaban J connectivity index is 0.746. The summed E-state index contributed by atoms with van der Waals surface area (Å²) in [6.07, 6.45) is 5.68. The number of piperidine rings is 2. The van der Waals surface area contributed by atoms with Crippen molar-refractivity contribution in [2.75, 3.05) is 78.5 Å². The van der Waals surface area contributed by atoms with Crippen LogP contribution >= 0.6 is 11.6 Å². The maximum Gasteiger partial charge on any atom is 0.262 e. The number of amides is 4. The van der Waals surface area contributed by atoms with Gasteiger partial charge in [-0.05, 0) is 80.5 Å². The highest BCUT2D eigenvalue weighted by molar-refractivity contribution is 6.33. The molecular formula is C41H44ClN9O4. The molecule has 1 spiro atoms. The first-order chi connectivity index (χ1) is 26.6. The largest absolute Gasteiger partial charge is 0.368 e. The SMILES string of the molecule is [C-]#[N+]c1ccc(N2CC3(CCN(c4ccc(N5CCN(C6CN(c7ccc8c(c7)C(=O)N(C7CCC(=O)NC7=O)C8=O)C6)CC5)cn4)CC3)C[C@@H]2C)cc1Cl. The van der Waals surface area contributed by atoms with Crippen LogP contribution in [0.5, 0.6) is 0 Å². The third kappa shape index (κ3) is 6.35. The van der Waals surface area contributed by atoms with Crippen LogP contribution in [0.3, 0.4) is 0 Å². The van der Waals surface area contributed by atoms with E-state index in [1.54, 1.807) is 12.1 Å². The molecule has 0 saturated carbocycles. The number of anilines is 4. The summed E-state index contributed by atoms with van der Waals surface area (Å²) < 4.78 is 0. The molecule has 6 aliphatic rings. The topological polar surface area (TPSA) is 117 Å². The molecule has 4 amide bonds. The monoisotopic (exact) mass is 761 g/mol. The van der Waals surface area contributed by atoms with Gasteiger partial charge in [0.05, 0.1) is 29.6 Å². The first kappa shape index (κ1) is 35.5. The van der Waals surface area contributed by atoms with Crippen LogP contribution in [-0.4, -0.2) is 115 Å². The summed E-state index contributed by atoms with van der Waals surface area (Å²) in [6, 6.07) is 15.4. The van der Waals surface area contributed by atoms with Crippen molar-refractivity contribution >= 4 is 63.8 Å². The summed E-state index contributed by atoms with van der Waals surface area (Å²) in [5, 5.41) is 2.77. The standard InChI is InChI=1S/C41H44ClN9O4/c1-26-21-41(25-50(26)28-4-7-34(43-2)33(42)20-28)11-13-48(14-12-41)36-9-5-29(22-44-36)46-15-17-47(18-16-46)30-23-49(24-30)27-3-6-31-32(19-27)40(55)51(39(31)54)35-8-10-37(52)45-38(35)53/h3-7,9,19-20,22,26,30,35H,8,10-18,21,23-25H2,1H3,(H,45,52,53)/t26-,35?/m0/s1. The lowest BCUT2D eigenvalue weighted by Gasteiger charge is -2.49. The van der Waals surface area contributed by atoms with Crippen LogP contribution in [0.25, 0.3) is 4.85 Å². The van der Waals surface area contributed by atoms with Gasteiger partial charge in [-0.25, -0.2) is 9.83 Å². The molecule has 3 aromatic rings. The van der Waals surface area contributed by atoms with Gasteiger partial charge in [0, 0.05) is 93.8 Å². The summed E-state index contributed by atoms with van der Waals surface area (Å²) >= 11 is 6.39. The van der Waals surface area contributed by atoms with Crippen LogP contribution in [0.1, 0.15) is 59.7 Å².